The molecule has 0 saturated carbocycles. The molecule has 0 spiro atoms. The second-order valence-corrected chi connectivity index (χ2v) is 9.33. The number of benzene rings is 1. The fraction of sp³-hybridized carbons (Fsp3) is 0.500. The molecule has 0 bridgehead atoms. The first-order valence-corrected chi connectivity index (χ1v) is 11.3. The van der Waals surface area contributed by atoms with Crippen molar-refractivity contribution in [1.82, 2.24) is 9.46 Å². The second-order valence-electron chi connectivity index (χ2n) is 7.39. The molecule has 30 heavy (non-hydrogen) atoms. The highest BCUT2D eigenvalue weighted by molar-refractivity contribution is 7.89. The summed E-state index contributed by atoms with van der Waals surface area (Å²) in [5.74, 6) is 0.935. The molecule has 9 nitrogen and oxygen atoms in total. The molecule has 0 radical (unpaired) electrons. The van der Waals surface area contributed by atoms with Gasteiger partial charge in [-0.25, -0.2) is 8.42 Å². The van der Waals surface area contributed by atoms with Crippen LogP contribution in [0.3, 0.4) is 0 Å². The maximum Gasteiger partial charge on any atom is 0.309 e. The van der Waals surface area contributed by atoms with Crippen LogP contribution in [0.5, 0.6) is 11.5 Å². The molecule has 3 heterocycles. The molecule has 1 saturated heterocycles. The van der Waals surface area contributed by atoms with Gasteiger partial charge in [-0.2, -0.15) is 4.31 Å². The number of aromatic nitrogens is 1. The normalized spacial score (nSPS) is 17.7. The van der Waals surface area contributed by atoms with Gasteiger partial charge < -0.3 is 18.7 Å². The Labute approximate surface area is 174 Å². The van der Waals surface area contributed by atoms with E-state index in [9.17, 15) is 13.2 Å². The second kappa shape index (κ2) is 8.27. The van der Waals surface area contributed by atoms with Crippen molar-refractivity contribution in [1.29, 1.82) is 0 Å². The van der Waals surface area contributed by atoms with Gasteiger partial charge in [0.2, 0.25) is 10.0 Å². The third-order valence-electron chi connectivity index (χ3n) is 5.48. The van der Waals surface area contributed by atoms with Crippen molar-refractivity contribution in [3.63, 3.8) is 0 Å². The zero-order valence-corrected chi connectivity index (χ0v) is 17.7. The summed E-state index contributed by atoms with van der Waals surface area (Å²) < 4.78 is 48.8. The van der Waals surface area contributed by atoms with E-state index in [1.54, 1.807) is 19.9 Å². The van der Waals surface area contributed by atoms with E-state index < -0.39 is 10.0 Å². The molecule has 0 N–H and O–H groups in total. The summed E-state index contributed by atoms with van der Waals surface area (Å²) in [5.41, 5.74) is 1.46. The molecule has 0 aliphatic carbocycles. The molecule has 0 unspecified atom stereocenters. The number of aryl methyl sites for hydroxylation is 2. The maximum atomic E-state index is 13.0. The van der Waals surface area contributed by atoms with Crippen LogP contribution in [0.4, 0.5) is 0 Å². The fourth-order valence-corrected chi connectivity index (χ4v) is 5.12. The van der Waals surface area contributed by atoms with Gasteiger partial charge in [-0.05, 0) is 38.8 Å². The van der Waals surface area contributed by atoms with Crippen LogP contribution in [-0.2, 0) is 26.2 Å². The Morgan fingerprint density at radius 3 is 2.53 bits per heavy atom. The van der Waals surface area contributed by atoms with Crippen LogP contribution in [-0.4, -0.2) is 50.2 Å². The van der Waals surface area contributed by atoms with Gasteiger partial charge in [0.05, 0.1) is 22.1 Å². The Hall–Kier alpha value is -2.59. The topological polar surface area (TPSA) is 108 Å². The van der Waals surface area contributed by atoms with Gasteiger partial charge in [0.1, 0.15) is 25.6 Å². The third-order valence-corrected chi connectivity index (χ3v) is 7.37. The van der Waals surface area contributed by atoms with E-state index in [0.29, 0.717) is 49.0 Å². The molecule has 0 amide bonds. The van der Waals surface area contributed by atoms with Gasteiger partial charge in [0, 0.05) is 19.2 Å². The van der Waals surface area contributed by atoms with Crippen molar-refractivity contribution >= 4 is 16.0 Å². The largest absolute Gasteiger partial charge is 0.486 e. The summed E-state index contributed by atoms with van der Waals surface area (Å²) >= 11 is 0. The molecule has 2 aliphatic rings. The number of esters is 1. The lowest BCUT2D eigenvalue weighted by molar-refractivity contribution is -0.151. The Balaban J connectivity index is 1.36. The van der Waals surface area contributed by atoms with Crippen LogP contribution in [0.15, 0.2) is 27.6 Å². The number of nitrogens with zero attached hydrogens (tertiary/aromatic N) is 2. The van der Waals surface area contributed by atoms with Gasteiger partial charge in [0.15, 0.2) is 11.5 Å². The summed E-state index contributed by atoms with van der Waals surface area (Å²) in [6, 6.07) is 4.63. The Kier molecular flexibility index (Phi) is 5.70. The molecule has 1 aromatic carbocycles. The molecular weight excluding hydrogens is 412 g/mol. The number of ether oxygens (including phenoxy) is 3. The Morgan fingerprint density at radius 2 is 1.87 bits per heavy atom. The number of fused-ring (bicyclic) bond motifs is 1. The fourth-order valence-electron chi connectivity index (χ4n) is 3.63. The average molecular weight is 436 g/mol. The van der Waals surface area contributed by atoms with Gasteiger partial charge >= 0.3 is 5.97 Å². The van der Waals surface area contributed by atoms with Crippen molar-refractivity contribution in [2.45, 2.75) is 38.2 Å². The number of hydrogen-bond donors (Lipinski definition) is 0. The van der Waals surface area contributed by atoms with Crippen LogP contribution >= 0.6 is 0 Å². The van der Waals surface area contributed by atoms with E-state index in [-0.39, 0.29) is 36.5 Å². The molecule has 0 atom stereocenters. The smallest absolute Gasteiger partial charge is 0.309 e. The first kappa shape index (κ1) is 20.7. The monoisotopic (exact) mass is 436 g/mol. The van der Waals surface area contributed by atoms with Crippen LogP contribution < -0.4 is 9.47 Å². The molecule has 2 aromatic rings. The number of carbonyl (C=O) groups is 1. The molecule has 2 aliphatic heterocycles. The lowest BCUT2D eigenvalue weighted by atomic mass is 9.98. The van der Waals surface area contributed by atoms with Crippen molar-refractivity contribution in [3.8, 4) is 11.5 Å². The zero-order valence-electron chi connectivity index (χ0n) is 16.9. The molecule has 4 rings (SSSR count). The van der Waals surface area contributed by atoms with Gasteiger partial charge in [-0.1, -0.05) is 5.16 Å². The minimum atomic E-state index is -3.68. The van der Waals surface area contributed by atoms with E-state index in [0.717, 1.165) is 5.56 Å². The predicted molar refractivity (Wildman–Crippen MR) is 105 cm³/mol. The summed E-state index contributed by atoms with van der Waals surface area (Å²) in [6.45, 7) is 5.00. The van der Waals surface area contributed by atoms with Crippen molar-refractivity contribution < 1.29 is 31.9 Å². The number of hydrogen-bond acceptors (Lipinski definition) is 8. The molecular formula is C20H24N2O7S. The lowest BCUT2D eigenvalue weighted by Crippen LogP contribution is -2.40. The third kappa shape index (κ3) is 4.01. The van der Waals surface area contributed by atoms with Gasteiger partial charge in [-0.3, -0.25) is 4.79 Å². The zero-order chi connectivity index (χ0) is 21.3. The number of piperidine rings is 1. The predicted octanol–water partition coefficient (Wildman–Crippen LogP) is 2.21. The maximum absolute atomic E-state index is 13.0. The number of rotatable bonds is 5. The first-order chi connectivity index (χ1) is 14.4. The van der Waals surface area contributed by atoms with E-state index in [1.165, 1.54) is 16.4 Å². The Morgan fingerprint density at radius 1 is 1.17 bits per heavy atom. The minimum absolute atomic E-state index is 0.107. The average Bonchev–Trinajstić information content (AvgIpc) is 3.09. The first-order valence-electron chi connectivity index (χ1n) is 9.84. The molecule has 1 aromatic heterocycles. The highest BCUT2D eigenvalue weighted by Crippen LogP contribution is 2.34. The standard InChI is InChI=1S/C20H24N2O7S/c1-13-17(14(2)29-21-13)12-28-20(23)15-5-7-22(8-6-15)30(24,25)16-3-4-18-19(11-16)27-10-9-26-18/h3-4,11,15H,5-10,12H2,1-2H3. The van der Waals surface area contributed by atoms with Crippen molar-refractivity contribution in [3.05, 3.63) is 35.2 Å². The van der Waals surface area contributed by atoms with Gasteiger partial charge in [0.25, 0.3) is 0 Å². The lowest BCUT2D eigenvalue weighted by Gasteiger charge is -2.30. The summed E-state index contributed by atoms with van der Waals surface area (Å²) in [6.07, 6.45) is 0.814. The van der Waals surface area contributed by atoms with Crippen molar-refractivity contribution in [2.75, 3.05) is 26.3 Å². The summed E-state index contributed by atoms with van der Waals surface area (Å²) in [7, 11) is -3.68. The van der Waals surface area contributed by atoms with Gasteiger partial charge in [-0.15, -0.1) is 0 Å². The van der Waals surface area contributed by atoms with E-state index in [1.807, 2.05) is 0 Å². The number of carbonyl (C=O) groups excluding carboxylic acids is 1. The molecule has 10 heteroatoms. The SMILES string of the molecule is Cc1noc(C)c1COC(=O)C1CCN(S(=O)(=O)c2ccc3c(c2)OCCO3)CC1. The van der Waals surface area contributed by atoms with Crippen molar-refractivity contribution in [2.24, 2.45) is 5.92 Å². The quantitative estimate of drug-likeness (QED) is 0.657. The molecule has 1 fully saturated rings. The summed E-state index contributed by atoms with van der Waals surface area (Å²) in [4.78, 5) is 12.6. The van der Waals surface area contributed by atoms with E-state index in [4.69, 9.17) is 18.7 Å². The van der Waals surface area contributed by atoms with E-state index in [2.05, 4.69) is 5.16 Å². The van der Waals surface area contributed by atoms with Crippen LogP contribution in [0.25, 0.3) is 0 Å². The highest BCUT2D eigenvalue weighted by atomic mass is 32.2. The molecule has 162 valence electrons. The van der Waals surface area contributed by atoms with E-state index >= 15 is 0 Å². The Bertz CT molecular complexity index is 1020. The van der Waals surface area contributed by atoms with Crippen LogP contribution in [0.1, 0.15) is 29.9 Å². The highest BCUT2D eigenvalue weighted by Gasteiger charge is 2.33. The van der Waals surface area contributed by atoms with Crippen LogP contribution in [0, 0.1) is 19.8 Å². The summed E-state index contributed by atoms with van der Waals surface area (Å²) in [5, 5.41) is 3.84. The minimum Gasteiger partial charge on any atom is -0.486 e. The van der Waals surface area contributed by atoms with Crippen LogP contribution in [0.2, 0.25) is 0 Å². The number of sulfonamides is 1.